The van der Waals surface area contributed by atoms with Crippen LogP contribution in [-0.2, 0) is 6.18 Å². The average Bonchev–Trinajstić information content (AvgIpc) is 2.02. The van der Waals surface area contributed by atoms with Crippen molar-refractivity contribution >= 4 is 18.1 Å². The summed E-state index contributed by atoms with van der Waals surface area (Å²) in [6, 6.07) is 2.35. The minimum Gasteiger partial charge on any atom is -0.386 e. The summed E-state index contributed by atoms with van der Waals surface area (Å²) < 4.78 is 48.9. The van der Waals surface area contributed by atoms with E-state index in [-0.39, 0.29) is 18.1 Å². The minimum atomic E-state index is -4.49. The van der Waals surface area contributed by atoms with Gasteiger partial charge < -0.3 is 5.32 Å². The van der Waals surface area contributed by atoms with E-state index in [1.807, 2.05) is 0 Å². The van der Waals surface area contributed by atoms with Crippen molar-refractivity contribution in [2.75, 3.05) is 12.4 Å². The maximum absolute atomic E-state index is 12.8. The second-order valence-electron chi connectivity index (χ2n) is 2.44. The van der Waals surface area contributed by atoms with Crippen LogP contribution >= 0.6 is 12.4 Å². The number of hydrogen-bond donors (Lipinski definition) is 1. The Morgan fingerprint density at radius 1 is 1.21 bits per heavy atom. The van der Waals surface area contributed by atoms with Gasteiger partial charge in [0.1, 0.15) is 5.82 Å². The lowest BCUT2D eigenvalue weighted by Crippen LogP contribution is -2.06. The van der Waals surface area contributed by atoms with Crippen LogP contribution < -0.4 is 5.32 Å². The molecule has 80 valence electrons. The Kier molecular flexibility index (Phi) is 4.19. The summed E-state index contributed by atoms with van der Waals surface area (Å²) in [5, 5.41) is 2.43. The molecule has 1 aromatic rings. The van der Waals surface area contributed by atoms with Crippen molar-refractivity contribution in [1.29, 1.82) is 0 Å². The molecular formula is C8H8ClF4N. The molecule has 1 N–H and O–H groups in total. The molecule has 0 aliphatic carbocycles. The Bertz CT molecular complexity index is 311. The molecule has 0 unspecified atom stereocenters. The third kappa shape index (κ3) is 2.77. The maximum Gasteiger partial charge on any atom is 0.416 e. The van der Waals surface area contributed by atoms with Crippen LogP contribution in [0.1, 0.15) is 5.56 Å². The second kappa shape index (κ2) is 4.50. The highest BCUT2D eigenvalue weighted by atomic mass is 35.5. The molecule has 1 rings (SSSR count). The fourth-order valence-corrected chi connectivity index (χ4v) is 0.894. The molecule has 0 aliphatic rings. The monoisotopic (exact) mass is 229 g/mol. The highest BCUT2D eigenvalue weighted by molar-refractivity contribution is 5.85. The summed E-state index contributed by atoms with van der Waals surface area (Å²) in [4.78, 5) is 0. The van der Waals surface area contributed by atoms with Crippen LogP contribution in [0.4, 0.5) is 23.2 Å². The van der Waals surface area contributed by atoms with Gasteiger partial charge >= 0.3 is 6.18 Å². The van der Waals surface area contributed by atoms with Crippen LogP contribution in [0, 0.1) is 5.82 Å². The third-order valence-electron chi connectivity index (χ3n) is 1.57. The first-order chi connectivity index (χ1) is 5.95. The predicted octanol–water partition coefficient (Wildman–Crippen LogP) is 3.31. The van der Waals surface area contributed by atoms with Gasteiger partial charge in [-0.05, 0) is 18.2 Å². The van der Waals surface area contributed by atoms with Crippen molar-refractivity contribution in [3.8, 4) is 0 Å². The summed E-state index contributed by atoms with van der Waals surface area (Å²) in [7, 11) is 1.44. The topological polar surface area (TPSA) is 12.0 Å². The first kappa shape index (κ1) is 13.0. The number of anilines is 1. The third-order valence-corrected chi connectivity index (χ3v) is 1.57. The van der Waals surface area contributed by atoms with E-state index in [9.17, 15) is 17.6 Å². The zero-order valence-electron chi connectivity index (χ0n) is 7.15. The molecule has 0 saturated carbocycles. The minimum absolute atomic E-state index is 0. The van der Waals surface area contributed by atoms with E-state index < -0.39 is 17.6 Å². The highest BCUT2D eigenvalue weighted by Crippen LogP contribution is 2.30. The summed E-state index contributed by atoms with van der Waals surface area (Å²) >= 11 is 0. The predicted molar refractivity (Wildman–Crippen MR) is 48.2 cm³/mol. The van der Waals surface area contributed by atoms with Gasteiger partial charge in [0, 0.05) is 7.05 Å². The number of nitrogens with one attached hydrogen (secondary N) is 1. The molecule has 0 fully saturated rings. The summed E-state index contributed by atoms with van der Waals surface area (Å²) in [6.45, 7) is 0. The molecule has 0 bridgehead atoms. The average molecular weight is 230 g/mol. The molecule has 1 nitrogen and oxygen atoms in total. The molecule has 0 saturated heterocycles. The van der Waals surface area contributed by atoms with E-state index in [0.717, 1.165) is 12.1 Å². The quantitative estimate of drug-likeness (QED) is 0.729. The lowest BCUT2D eigenvalue weighted by atomic mass is 10.2. The van der Waals surface area contributed by atoms with E-state index >= 15 is 0 Å². The molecule has 6 heteroatoms. The van der Waals surface area contributed by atoms with Crippen LogP contribution in [-0.4, -0.2) is 7.05 Å². The van der Waals surface area contributed by atoms with Crippen LogP contribution in [0.5, 0.6) is 0 Å². The van der Waals surface area contributed by atoms with Crippen LogP contribution in [0.25, 0.3) is 0 Å². The molecule has 0 radical (unpaired) electrons. The summed E-state index contributed by atoms with van der Waals surface area (Å²) in [6.07, 6.45) is -4.49. The summed E-state index contributed by atoms with van der Waals surface area (Å²) in [5.41, 5.74) is -0.933. The zero-order valence-corrected chi connectivity index (χ0v) is 7.97. The second-order valence-corrected chi connectivity index (χ2v) is 2.44. The Hall–Kier alpha value is -0.970. The van der Waals surface area contributed by atoms with E-state index in [0.29, 0.717) is 6.07 Å². The molecule has 0 amide bonds. The van der Waals surface area contributed by atoms with Gasteiger partial charge in [0.05, 0.1) is 11.3 Å². The number of alkyl halides is 3. The van der Waals surface area contributed by atoms with Crippen LogP contribution in [0.2, 0.25) is 0 Å². The van der Waals surface area contributed by atoms with Crippen molar-refractivity contribution in [1.82, 2.24) is 0 Å². The van der Waals surface area contributed by atoms with Crippen molar-refractivity contribution < 1.29 is 17.6 Å². The van der Waals surface area contributed by atoms with Crippen molar-refractivity contribution in [3.05, 3.63) is 29.6 Å². The van der Waals surface area contributed by atoms with Crippen LogP contribution in [0.3, 0.4) is 0 Å². The fourth-order valence-electron chi connectivity index (χ4n) is 0.894. The Labute approximate surface area is 84.5 Å². The van der Waals surface area contributed by atoms with Gasteiger partial charge in [-0.1, -0.05) is 0 Å². The summed E-state index contributed by atoms with van der Waals surface area (Å²) in [5.74, 6) is -0.905. The van der Waals surface area contributed by atoms with Crippen molar-refractivity contribution in [2.24, 2.45) is 0 Å². The van der Waals surface area contributed by atoms with Gasteiger partial charge in [-0.2, -0.15) is 13.2 Å². The molecule has 14 heavy (non-hydrogen) atoms. The Balaban J connectivity index is 0.00000169. The van der Waals surface area contributed by atoms with Gasteiger partial charge in [-0.3, -0.25) is 0 Å². The standard InChI is InChI=1S/C8H7F4N.ClH/c1-13-7-3-2-5(4-6(7)9)8(10,11)12;/h2-4,13H,1H3;1H. The van der Waals surface area contributed by atoms with E-state index in [2.05, 4.69) is 5.32 Å². The maximum atomic E-state index is 12.8. The Morgan fingerprint density at radius 2 is 1.79 bits per heavy atom. The number of benzene rings is 1. The van der Waals surface area contributed by atoms with Gasteiger partial charge in [-0.15, -0.1) is 12.4 Å². The van der Waals surface area contributed by atoms with E-state index in [1.54, 1.807) is 0 Å². The first-order valence-corrected chi connectivity index (χ1v) is 3.49. The van der Waals surface area contributed by atoms with Crippen molar-refractivity contribution in [2.45, 2.75) is 6.18 Å². The fraction of sp³-hybridized carbons (Fsp3) is 0.250. The first-order valence-electron chi connectivity index (χ1n) is 3.49. The normalized spacial score (nSPS) is 10.6. The van der Waals surface area contributed by atoms with Crippen LogP contribution in [0.15, 0.2) is 18.2 Å². The molecular weight excluding hydrogens is 222 g/mol. The zero-order chi connectivity index (χ0) is 10.1. The number of hydrogen-bond acceptors (Lipinski definition) is 1. The SMILES string of the molecule is CNc1ccc(C(F)(F)F)cc1F.Cl. The molecule has 0 atom stereocenters. The van der Waals surface area contributed by atoms with E-state index in [4.69, 9.17) is 0 Å². The largest absolute Gasteiger partial charge is 0.416 e. The molecule has 0 spiro atoms. The van der Waals surface area contributed by atoms with Crippen molar-refractivity contribution in [3.63, 3.8) is 0 Å². The lowest BCUT2D eigenvalue weighted by molar-refractivity contribution is -0.137. The number of halogens is 5. The lowest BCUT2D eigenvalue weighted by Gasteiger charge is -2.08. The smallest absolute Gasteiger partial charge is 0.386 e. The molecule has 0 aliphatic heterocycles. The van der Waals surface area contributed by atoms with Gasteiger partial charge in [0.25, 0.3) is 0 Å². The van der Waals surface area contributed by atoms with Gasteiger partial charge in [-0.25, -0.2) is 4.39 Å². The molecule has 0 heterocycles. The highest BCUT2D eigenvalue weighted by Gasteiger charge is 2.30. The molecule has 0 aromatic heterocycles. The van der Waals surface area contributed by atoms with E-state index in [1.165, 1.54) is 7.05 Å². The van der Waals surface area contributed by atoms with Gasteiger partial charge in [0.2, 0.25) is 0 Å². The molecule has 1 aromatic carbocycles. The Morgan fingerprint density at radius 3 is 2.14 bits per heavy atom. The van der Waals surface area contributed by atoms with Gasteiger partial charge in [0.15, 0.2) is 0 Å². The number of rotatable bonds is 1.